The molecule has 4 rings (SSSR count). The number of aromatic nitrogens is 1. The Kier molecular flexibility index (Phi) is 7.24. The number of likely N-dealkylation sites (tertiary alicyclic amines) is 1. The number of benzene rings is 2. The first-order valence-corrected chi connectivity index (χ1v) is 12.3. The maximum absolute atomic E-state index is 11.6. The zero-order chi connectivity index (χ0) is 21.3. The van der Waals surface area contributed by atoms with Gasteiger partial charge >= 0.3 is 0 Å². The summed E-state index contributed by atoms with van der Waals surface area (Å²) in [5.41, 5.74) is 3.96. The molecule has 0 spiro atoms. The average Bonchev–Trinajstić information content (AvgIpc) is 3.31. The summed E-state index contributed by atoms with van der Waals surface area (Å²) in [6.45, 7) is 6.48. The molecule has 0 unspecified atom stereocenters. The molecule has 2 aromatic carbocycles. The van der Waals surface area contributed by atoms with Gasteiger partial charge < -0.3 is 9.32 Å². The summed E-state index contributed by atoms with van der Waals surface area (Å²) in [5.74, 6) is 1.54. The van der Waals surface area contributed by atoms with Crippen LogP contribution in [-0.2, 0) is 16.3 Å². The number of halogens is 1. The predicted octanol–water partition coefficient (Wildman–Crippen LogP) is 5.17. The van der Waals surface area contributed by atoms with Crippen LogP contribution < -0.4 is 0 Å². The fourth-order valence-electron chi connectivity index (χ4n) is 4.06. The lowest BCUT2D eigenvalue weighted by Gasteiger charge is -2.20. The molecule has 0 saturated carbocycles. The molecule has 2 heterocycles. The van der Waals surface area contributed by atoms with Crippen LogP contribution in [0.2, 0.25) is 0 Å². The average molecular weight is 461 g/mol. The van der Waals surface area contributed by atoms with E-state index in [0.29, 0.717) is 16.8 Å². The van der Waals surface area contributed by atoms with Crippen molar-refractivity contribution in [2.45, 2.75) is 44.0 Å². The molecule has 1 saturated heterocycles. The van der Waals surface area contributed by atoms with Gasteiger partial charge in [0.25, 0.3) is 0 Å². The van der Waals surface area contributed by atoms with Gasteiger partial charge in [-0.2, -0.15) is 0 Å². The highest BCUT2D eigenvalue weighted by Crippen LogP contribution is 2.27. The van der Waals surface area contributed by atoms with Crippen LogP contribution in [0.15, 0.2) is 57.8 Å². The van der Waals surface area contributed by atoms with Crippen LogP contribution in [0.25, 0.3) is 22.6 Å². The summed E-state index contributed by atoms with van der Waals surface area (Å²) < 4.78 is 29.2. The van der Waals surface area contributed by atoms with Crippen molar-refractivity contribution in [3.8, 4) is 22.6 Å². The summed E-state index contributed by atoms with van der Waals surface area (Å²) in [4.78, 5) is 7.60. The molecule has 3 aromatic rings. The summed E-state index contributed by atoms with van der Waals surface area (Å²) in [7, 11) is -3.18. The highest BCUT2D eigenvalue weighted by Gasteiger charge is 2.21. The summed E-state index contributed by atoms with van der Waals surface area (Å²) >= 11 is 0. The fourth-order valence-corrected chi connectivity index (χ4v) is 4.69. The van der Waals surface area contributed by atoms with Crippen molar-refractivity contribution in [3.05, 3.63) is 60.0 Å². The van der Waals surface area contributed by atoms with Crippen LogP contribution in [0.4, 0.5) is 0 Å². The van der Waals surface area contributed by atoms with Gasteiger partial charge in [-0.25, -0.2) is 13.4 Å². The molecule has 31 heavy (non-hydrogen) atoms. The lowest BCUT2D eigenvalue weighted by molar-refractivity contribution is 0.271. The Morgan fingerprint density at radius 3 is 2.16 bits per heavy atom. The Hall–Kier alpha value is -2.15. The normalized spacial score (nSPS) is 16.9. The first-order valence-electron chi connectivity index (χ1n) is 10.4. The Morgan fingerprint density at radius 1 is 1.03 bits per heavy atom. The Balaban J connectivity index is 0.00000272. The van der Waals surface area contributed by atoms with Gasteiger partial charge in [0.15, 0.2) is 9.84 Å². The van der Waals surface area contributed by atoms with Gasteiger partial charge in [-0.15, -0.1) is 12.4 Å². The van der Waals surface area contributed by atoms with E-state index < -0.39 is 9.84 Å². The standard InChI is InChI=1S/C24H28N2O3S.ClH/c1-17-5-4-15-26(17)16-14-23-18(2)29-24(25-23)21-8-6-19(7-9-21)20-10-12-22(13-11-20)30(3,27)28;/h6-13,17H,4-5,14-16H2,1-3H3;1H/t17-;/m0./s1. The van der Waals surface area contributed by atoms with E-state index in [0.717, 1.165) is 41.1 Å². The first-order chi connectivity index (χ1) is 14.3. The third-order valence-corrected chi connectivity index (χ3v) is 7.10. The molecular weight excluding hydrogens is 432 g/mol. The molecule has 166 valence electrons. The lowest BCUT2D eigenvalue weighted by Crippen LogP contribution is -2.29. The molecule has 1 fully saturated rings. The summed E-state index contributed by atoms with van der Waals surface area (Å²) in [6.07, 6.45) is 4.69. The zero-order valence-electron chi connectivity index (χ0n) is 18.2. The number of hydrogen-bond donors (Lipinski definition) is 0. The van der Waals surface area contributed by atoms with Crippen LogP contribution in [0, 0.1) is 6.92 Å². The molecule has 1 aliphatic heterocycles. The number of oxazole rings is 1. The number of aryl methyl sites for hydroxylation is 1. The minimum Gasteiger partial charge on any atom is -0.441 e. The second-order valence-corrected chi connectivity index (χ2v) is 10.2. The van der Waals surface area contributed by atoms with Gasteiger partial charge in [-0.1, -0.05) is 24.3 Å². The van der Waals surface area contributed by atoms with E-state index in [1.165, 1.54) is 25.6 Å². The van der Waals surface area contributed by atoms with Crippen LogP contribution in [0.3, 0.4) is 0 Å². The van der Waals surface area contributed by atoms with Crippen molar-refractivity contribution < 1.29 is 12.8 Å². The molecule has 7 heteroatoms. The molecule has 0 radical (unpaired) electrons. The SMILES string of the molecule is Cc1oc(-c2ccc(-c3ccc(S(C)(=O)=O)cc3)cc2)nc1CCN1CCC[C@@H]1C.Cl. The zero-order valence-corrected chi connectivity index (χ0v) is 19.8. The number of hydrogen-bond acceptors (Lipinski definition) is 5. The fraction of sp³-hybridized carbons (Fsp3) is 0.375. The van der Waals surface area contributed by atoms with Crippen molar-refractivity contribution in [1.29, 1.82) is 0 Å². The number of sulfone groups is 1. The van der Waals surface area contributed by atoms with Crippen LogP contribution in [-0.4, -0.2) is 43.7 Å². The minimum absolute atomic E-state index is 0. The second-order valence-electron chi connectivity index (χ2n) is 8.17. The Labute approximate surface area is 190 Å². The van der Waals surface area contributed by atoms with Crippen molar-refractivity contribution in [2.24, 2.45) is 0 Å². The van der Waals surface area contributed by atoms with E-state index in [2.05, 4.69) is 11.8 Å². The molecule has 0 N–H and O–H groups in total. The van der Waals surface area contributed by atoms with E-state index in [-0.39, 0.29) is 12.4 Å². The van der Waals surface area contributed by atoms with Gasteiger partial charge in [0.1, 0.15) is 5.76 Å². The molecule has 1 atom stereocenters. The third kappa shape index (κ3) is 5.37. The molecular formula is C24H29ClN2O3S. The van der Waals surface area contributed by atoms with Gasteiger partial charge in [0.2, 0.25) is 5.89 Å². The van der Waals surface area contributed by atoms with Crippen LogP contribution in [0.5, 0.6) is 0 Å². The maximum atomic E-state index is 11.6. The molecule has 1 aromatic heterocycles. The van der Waals surface area contributed by atoms with Gasteiger partial charge in [0.05, 0.1) is 10.6 Å². The lowest BCUT2D eigenvalue weighted by atomic mass is 10.0. The molecule has 1 aliphatic rings. The van der Waals surface area contributed by atoms with Gasteiger partial charge in [-0.3, -0.25) is 0 Å². The van der Waals surface area contributed by atoms with Crippen molar-refractivity contribution in [1.82, 2.24) is 9.88 Å². The van der Waals surface area contributed by atoms with Crippen LogP contribution in [0.1, 0.15) is 31.2 Å². The summed E-state index contributed by atoms with van der Waals surface area (Å²) in [5, 5.41) is 0. The van der Waals surface area contributed by atoms with Crippen molar-refractivity contribution >= 4 is 22.2 Å². The predicted molar refractivity (Wildman–Crippen MR) is 126 cm³/mol. The summed E-state index contributed by atoms with van der Waals surface area (Å²) in [6, 6.07) is 15.6. The van der Waals surface area contributed by atoms with Crippen molar-refractivity contribution in [2.75, 3.05) is 19.3 Å². The number of rotatable bonds is 6. The van der Waals surface area contributed by atoms with E-state index in [1.807, 2.05) is 43.3 Å². The van der Waals surface area contributed by atoms with E-state index in [4.69, 9.17) is 9.40 Å². The highest BCUT2D eigenvalue weighted by molar-refractivity contribution is 7.90. The second kappa shape index (κ2) is 9.55. The smallest absolute Gasteiger partial charge is 0.226 e. The van der Waals surface area contributed by atoms with E-state index in [9.17, 15) is 8.42 Å². The molecule has 0 aliphatic carbocycles. The van der Waals surface area contributed by atoms with E-state index >= 15 is 0 Å². The van der Waals surface area contributed by atoms with Gasteiger partial charge in [-0.05, 0) is 68.6 Å². The van der Waals surface area contributed by atoms with Gasteiger partial charge in [0, 0.05) is 30.8 Å². The number of nitrogens with zero attached hydrogens (tertiary/aromatic N) is 2. The topological polar surface area (TPSA) is 63.4 Å². The monoisotopic (exact) mass is 460 g/mol. The Morgan fingerprint density at radius 2 is 1.61 bits per heavy atom. The van der Waals surface area contributed by atoms with Crippen molar-refractivity contribution in [3.63, 3.8) is 0 Å². The largest absolute Gasteiger partial charge is 0.441 e. The van der Waals surface area contributed by atoms with E-state index in [1.54, 1.807) is 12.1 Å². The highest BCUT2D eigenvalue weighted by atomic mass is 35.5. The third-order valence-electron chi connectivity index (χ3n) is 5.97. The Bertz CT molecular complexity index is 1120. The molecule has 0 amide bonds. The molecule has 0 bridgehead atoms. The minimum atomic E-state index is -3.18. The molecule has 5 nitrogen and oxygen atoms in total. The quantitative estimate of drug-likeness (QED) is 0.507. The first kappa shape index (κ1) is 23.5. The van der Waals surface area contributed by atoms with Crippen LogP contribution >= 0.6 is 12.4 Å². The maximum Gasteiger partial charge on any atom is 0.226 e.